The van der Waals surface area contributed by atoms with Crippen LogP contribution in [0.5, 0.6) is 5.75 Å². The van der Waals surface area contributed by atoms with Crippen LogP contribution in [0.2, 0.25) is 0 Å². The lowest BCUT2D eigenvalue weighted by Gasteiger charge is -2.25. The summed E-state index contributed by atoms with van der Waals surface area (Å²) >= 11 is 1.44. The Kier molecular flexibility index (Phi) is 5.51. The summed E-state index contributed by atoms with van der Waals surface area (Å²) < 4.78 is 29.2. The number of halogens is 1. The van der Waals surface area contributed by atoms with Gasteiger partial charge in [0.05, 0.1) is 13.4 Å². The Morgan fingerprint density at radius 1 is 1.38 bits per heavy atom. The van der Waals surface area contributed by atoms with E-state index in [2.05, 4.69) is 0 Å². The quantitative estimate of drug-likeness (QED) is 0.744. The first-order chi connectivity index (χ1) is 12.5. The van der Waals surface area contributed by atoms with Gasteiger partial charge < -0.3 is 18.8 Å². The van der Waals surface area contributed by atoms with Crippen molar-refractivity contribution in [2.24, 2.45) is 0 Å². The minimum atomic E-state index is -0.712. The van der Waals surface area contributed by atoms with E-state index in [-0.39, 0.29) is 23.6 Å². The van der Waals surface area contributed by atoms with Gasteiger partial charge in [-0.2, -0.15) is 0 Å². The summed E-state index contributed by atoms with van der Waals surface area (Å²) in [5.41, 5.74) is 0.499. The van der Waals surface area contributed by atoms with Crippen LogP contribution in [0.25, 0.3) is 0 Å². The molecule has 0 unspecified atom stereocenters. The van der Waals surface area contributed by atoms with Gasteiger partial charge in [0.2, 0.25) is 5.91 Å². The zero-order valence-corrected chi connectivity index (χ0v) is 15.1. The van der Waals surface area contributed by atoms with Crippen LogP contribution in [0.3, 0.4) is 0 Å². The Labute approximate surface area is 154 Å². The zero-order chi connectivity index (χ0) is 18.7. The Hall–Kier alpha value is -2.48. The highest BCUT2D eigenvalue weighted by molar-refractivity contribution is 7.99. The molecule has 0 saturated carbocycles. The normalized spacial score (nSPS) is 19.4. The molecule has 0 radical (unpaired) electrons. The molecule has 1 aromatic carbocycles. The summed E-state index contributed by atoms with van der Waals surface area (Å²) in [6.07, 6.45) is 1.53. The van der Waals surface area contributed by atoms with E-state index >= 15 is 0 Å². The van der Waals surface area contributed by atoms with Gasteiger partial charge in [-0.15, -0.1) is 11.8 Å². The molecule has 3 rings (SSSR count). The number of ether oxygens (including phenoxy) is 2. The molecule has 8 heteroatoms. The van der Waals surface area contributed by atoms with Crippen LogP contribution in [0.1, 0.15) is 23.6 Å². The monoisotopic (exact) mass is 379 g/mol. The third-order valence-electron chi connectivity index (χ3n) is 4.02. The van der Waals surface area contributed by atoms with Gasteiger partial charge in [0.15, 0.2) is 11.6 Å². The summed E-state index contributed by atoms with van der Waals surface area (Å²) in [4.78, 5) is 26.0. The maximum absolute atomic E-state index is 13.7. The topological polar surface area (TPSA) is 69.0 Å². The average molecular weight is 379 g/mol. The predicted molar refractivity (Wildman–Crippen MR) is 93.0 cm³/mol. The Morgan fingerprint density at radius 3 is 2.81 bits per heavy atom. The molecule has 1 aliphatic rings. The molecule has 26 heavy (non-hydrogen) atoms. The molecule has 1 aromatic heterocycles. The van der Waals surface area contributed by atoms with Crippen molar-refractivity contribution in [3.8, 4) is 5.75 Å². The number of rotatable bonds is 5. The van der Waals surface area contributed by atoms with Gasteiger partial charge in [-0.05, 0) is 29.8 Å². The maximum Gasteiger partial charge on any atom is 0.330 e. The molecule has 0 N–H and O–H groups in total. The summed E-state index contributed by atoms with van der Waals surface area (Å²) in [5, 5.41) is -0.363. The van der Waals surface area contributed by atoms with Crippen LogP contribution >= 0.6 is 11.8 Å². The lowest BCUT2D eigenvalue weighted by Crippen LogP contribution is -2.42. The number of carbonyl (C=O) groups excluding carboxylic acids is 2. The van der Waals surface area contributed by atoms with Crippen molar-refractivity contribution in [2.45, 2.75) is 24.9 Å². The first-order valence-corrected chi connectivity index (χ1v) is 8.99. The molecule has 2 atom stereocenters. The van der Waals surface area contributed by atoms with Crippen LogP contribution in [0.15, 0.2) is 41.0 Å². The van der Waals surface area contributed by atoms with Crippen LogP contribution in [0.4, 0.5) is 4.39 Å². The molecule has 0 aliphatic carbocycles. The molecular weight excluding hydrogens is 361 g/mol. The predicted octanol–water partition coefficient (Wildman–Crippen LogP) is 3.13. The fraction of sp³-hybridized carbons (Fsp3) is 0.333. The number of hydrogen-bond acceptors (Lipinski definition) is 6. The number of methoxy groups -OCH3 is 1. The van der Waals surface area contributed by atoms with E-state index in [1.54, 1.807) is 18.2 Å². The third kappa shape index (κ3) is 3.70. The van der Waals surface area contributed by atoms with Gasteiger partial charge in [-0.25, -0.2) is 9.18 Å². The smallest absolute Gasteiger partial charge is 0.330 e. The van der Waals surface area contributed by atoms with Crippen molar-refractivity contribution in [1.29, 1.82) is 0 Å². The number of carbonyl (C=O) groups is 2. The second kappa shape index (κ2) is 7.82. The maximum atomic E-state index is 13.7. The van der Waals surface area contributed by atoms with E-state index in [9.17, 15) is 14.0 Å². The fourth-order valence-electron chi connectivity index (χ4n) is 2.77. The molecule has 2 aromatic rings. The van der Waals surface area contributed by atoms with Crippen molar-refractivity contribution < 1.29 is 27.9 Å². The Balaban J connectivity index is 1.67. The molecular formula is C18H18FNO5S. The van der Waals surface area contributed by atoms with Gasteiger partial charge in [-0.1, -0.05) is 6.07 Å². The lowest BCUT2D eigenvalue weighted by molar-refractivity contribution is -0.154. The minimum Gasteiger partial charge on any atom is -0.494 e. The van der Waals surface area contributed by atoms with Crippen molar-refractivity contribution in [3.05, 3.63) is 53.7 Å². The molecule has 1 fully saturated rings. The minimum absolute atomic E-state index is 0.0852. The number of esters is 1. The standard InChI is InChI=1S/C18H18FNO5S/c1-11(21)20-14(10-26-17(20)16-4-3-7-24-16)18(22)25-9-12-5-6-15(23-2)13(19)8-12/h3-8,14,17H,9-10H2,1-2H3/t14-,17-/m1/s1. The largest absolute Gasteiger partial charge is 0.494 e. The molecule has 1 aliphatic heterocycles. The lowest BCUT2D eigenvalue weighted by atomic mass is 10.2. The zero-order valence-electron chi connectivity index (χ0n) is 14.3. The fourth-order valence-corrected chi connectivity index (χ4v) is 4.19. The van der Waals surface area contributed by atoms with Crippen LogP contribution in [-0.4, -0.2) is 35.7 Å². The third-order valence-corrected chi connectivity index (χ3v) is 5.30. The van der Waals surface area contributed by atoms with E-state index in [0.717, 1.165) is 0 Å². The van der Waals surface area contributed by atoms with Crippen molar-refractivity contribution >= 4 is 23.6 Å². The molecule has 6 nitrogen and oxygen atoms in total. The molecule has 2 heterocycles. The van der Waals surface area contributed by atoms with Gasteiger partial charge in [0.1, 0.15) is 23.8 Å². The van der Waals surface area contributed by atoms with Crippen LogP contribution in [0, 0.1) is 5.82 Å². The number of hydrogen-bond donors (Lipinski definition) is 0. The number of nitrogens with zero attached hydrogens (tertiary/aromatic N) is 1. The highest BCUT2D eigenvalue weighted by atomic mass is 32.2. The van der Waals surface area contributed by atoms with Gasteiger partial charge in [-0.3, -0.25) is 4.79 Å². The number of benzene rings is 1. The van der Waals surface area contributed by atoms with E-state index in [0.29, 0.717) is 17.1 Å². The summed E-state index contributed by atoms with van der Waals surface area (Å²) in [7, 11) is 1.38. The molecule has 1 saturated heterocycles. The summed E-state index contributed by atoms with van der Waals surface area (Å²) in [5.74, 6) is -0.164. The molecule has 0 bridgehead atoms. The van der Waals surface area contributed by atoms with Gasteiger partial charge in [0, 0.05) is 12.7 Å². The Morgan fingerprint density at radius 2 is 2.19 bits per heavy atom. The summed E-state index contributed by atoms with van der Waals surface area (Å²) in [6.45, 7) is 1.32. The average Bonchev–Trinajstić information content (AvgIpc) is 3.28. The van der Waals surface area contributed by atoms with E-state index in [1.165, 1.54) is 49.1 Å². The number of furan rings is 1. The van der Waals surface area contributed by atoms with Crippen molar-refractivity contribution in [3.63, 3.8) is 0 Å². The number of thioether (sulfide) groups is 1. The second-order valence-corrected chi connectivity index (χ2v) is 6.83. The van der Waals surface area contributed by atoms with E-state index < -0.39 is 17.8 Å². The second-order valence-electron chi connectivity index (χ2n) is 5.72. The first-order valence-electron chi connectivity index (χ1n) is 7.94. The summed E-state index contributed by atoms with van der Waals surface area (Å²) in [6, 6.07) is 7.13. The van der Waals surface area contributed by atoms with Gasteiger partial charge in [0.25, 0.3) is 0 Å². The van der Waals surface area contributed by atoms with E-state index in [4.69, 9.17) is 13.9 Å². The molecule has 0 spiro atoms. The molecule has 1 amide bonds. The highest BCUT2D eigenvalue weighted by Crippen LogP contribution is 2.41. The van der Waals surface area contributed by atoms with Crippen LogP contribution in [-0.2, 0) is 20.9 Å². The Bertz CT molecular complexity index is 795. The highest BCUT2D eigenvalue weighted by Gasteiger charge is 2.43. The van der Waals surface area contributed by atoms with E-state index in [1.807, 2.05) is 0 Å². The van der Waals surface area contributed by atoms with Crippen molar-refractivity contribution in [1.82, 2.24) is 4.90 Å². The van der Waals surface area contributed by atoms with Crippen LogP contribution < -0.4 is 4.74 Å². The SMILES string of the molecule is COc1ccc(COC(=O)[C@H]2CS[C@H](c3ccco3)N2C(C)=O)cc1F. The number of amides is 1. The van der Waals surface area contributed by atoms with Gasteiger partial charge >= 0.3 is 5.97 Å². The van der Waals surface area contributed by atoms with Crippen molar-refractivity contribution in [2.75, 3.05) is 12.9 Å². The first kappa shape index (κ1) is 18.3. The molecule has 138 valence electrons.